The number of nitrogens with one attached hydrogen (secondary N) is 1. The van der Waals surface area contributed by atoms with Gasteiger partial charge >= 0.3 is 0 Å². The van der Waals surface area contributed by atoms with Crippen LogP contribution >= 0.6 is 0 Å². The minimum absolute atomic E-state index is 0.138. The molecule has 0 unspecified atom stereocenters. The summed E-state index contributed by atoms with van der Waals surface area (Å²) in [5.74, 6) is 2.47. The Morgan fingerprint density at radius 1 is 1.16 bits per heavy atom. The smallest absolute Gasteiger partial charge is 0.210 e. The van der Waals surface area contributed by atoms with Gasteiger partial charge in [0.05, 0.1) is 6.61 Å². The molecule has 1 N–H and O–H groups in total. The fraction of sp³-hybridized carbons (Fsp3) is 0.273. The number of rotatable bonds is 6. The quantitative estimate of drug-likeness (QED) is 0.467. The summed E-state index contributed by atoms with van der Waals surface area (Å²) in [7, 11) is 0. The van der Waals surface area contributed by atoms with Crippen LogP contribution in [-0.4, -0.2) is 50.3 Å². The van der Waals surface area contributed by atoms with E-state index in [-0.39, 0.29) is 6.04 Å². The highest BCUT2D eigenvalue weighted by atomic mass is 16.5. The van der Waals surface area contributed by atoms with Gasteiger partial charge in [0, 0.05) is 55.1 Å². The molecule has 4 aromatic rings. The fourth-order valence-electron chi connectivity index (χ4n) is 4.23. The molecule has 3 aromatic heterocycles. The van der Waals surface area contributed by atoms with Gasteiger partial charge in [-0.1, -0.05) is 17.3 Å². The van der Waals surface area contributed by atoms with Crippen molar-refractivity contribution >= 4 is 17.4 Å². The molecule has 0 saturated carbocycles. The third-order valence-corrected chi connectivity index (χ3v) is 6.00. The van der Waals surface area contributed by atoms with Crippen LogP contribution in [0.3, 0.4) is 0 Å². The molecule has 0 radical (unpaired) electrons. The van der Waals surface area contributed by atoms with Crippen LogP contribution in [0.4, 0.5) is 11.8 Å². The zero-order valence-electron chi connectivity index (χ0n) is 17.2. The largest absolute Gasteiger partial charge is 0.493 e. The number of fused-ring (bicyclic) bond motifs is 2. The lowest BCUT2D eigenvalue weighted by Crippen LogP contribution is -2.50. The van der Waals surface area contributed by atoms with E-state index in [1.54, 1.807) is 18.7 Å². The lowest BCUT2D eigenvalue weighted by molar-refractivity contribution is 0.357. The van der Waals surface area contributed by atoms with Crippen LogP contribution in [0.1, 0.15) is 11.1 Å². The van der Waals surface area contributed by atoms with Crippen molar-refractivity contribution in [3.8, 4) is 16.9 Å². The molecule has 0 spiro atoms. The number of nitroso groups, excluding NO2 is 1. The van der Waals surface area contributed by atoms with Crippen molar-refractivity contribution in [2.24, 2.45) is 5.18 Å². The summed E-state index contributed by atoms with van der Waals surface area (Å²) in [6.07, 6.45) is 6.16. The van der Waals surface area contributed by atoms with Gasteiger partial charge in [-0.15, -0.1) is 10.2 Å². The third kappa shape index (κ3) is 3.11. The number of pyridine rings is 1. The first kappa shape index (κ1) is 18.7. The number of benzene rings is 1. The van der Waals surface area contributed by atoms with E-state index in [1.807, 2.05) is 33.6 Å². The second-order valence-electron chi connectivity index (χ2n) is 7.94. The van der Waals surface area contributed by atoms with Gasteiger partial charge in [-0.2, -0.15) is 4.91 Å². The van der Waals surface area contributed by atoms with E-state index in [0.717, 1.165) is 35.7 Å². The van der Waals surface area contributed by atoms with Gasteiger partial charge in [0.2, 0.25) is 5.95 Å². The Hall–Kier alpha value is -4.08. The summed E-state index contributed by atoms with van der Waals surface area (Å²) in [6.45, 7) is 2.59. The van der Waals surface area contributed by atoms with Gasteiger partial charge < -0.3 is 15.0 Å². The molecule has 10 nitrogen and oxygen atoms in total. The monoisotopic (exact) mass is 428 g/mol. The van der Waals surface area contributed by atoms with E-state index in [2.05, 4.69) is 36.7 Å². The summed E-state index contributed by atoms with van der Waals surface area (Å²) in [5.41, 5.74) is 4.89. The lowest BCUT2D eigenvalue weighted by atomic mass is 10.1. The molecule has 2 aliphatic heterocycles. The normalized spacial score (nSPS) is 15.3. The molecule has 32 heavy (non-hydrogen) atoms. The van der Waals surface area contributed by atoms with Crippen LogP contribution in [0, 0.1) is 4.91 Å². The minimum atomic E-state index is -0.138. The van der Waals surface area contributed by atoms with Crippen molar-refractivity contribution < 1.29 is 4.74 Å². The van der Waals surface area contributed by atoms with Crippen molar-refractivity contribution in [2.45, 2.75) is 19.0 Å². The van der Waals surface area contributed by atoms with Crippen LogP contribution in [0.5, 0.6) is 5.75 Å². The van der Waals surface area contributed by atoms with Crippen LogP contribution < -0.4 is 15.0 Å². The molecule has 0 bridgehead atoms. The predicted molar refractivity (Wildman–Crippen MR) is 119 cm³/mol. The Morgan fingerprint density at radius 2 is 2.09 bits per heavy atom. The summed E-state index contributed by atoms with van der Waals surface area (Å²) < 4.78 is 7.51. The molecule has 10 heteroatoms. The molecule has 6 rings (SSSR count). The first-order valence-electron chi connectivity index (χ1n) is 10.5. The Balaban J connectivity index is 1.24. The Bertz CT molecular complexity index is 1300. The number of aromatic nitrogens is 5. The van der Waals surface area contributed by atoms with Crippen molar-refractivity contribution in [1.82, 2.24) is 24.6 Å². The molecule has 1 aromatic carbocycles. The molecule has 2 aliphatic rings. The molecule has 0 amide bonds. The van der Waals surface area contributed by atoms with Crippen molar-refractivity contribution in [3.05, 3.63) is 65.1 Å². The van der Waals surface area contributed by atoms with Gasteiger partial charge in [-0.05, 0) is 23.8 Å². The average molecular weight is 428 g/mol. The Kier molecular flexibility index (Phi) is 4.41. The molecule has 160 valence electrons. The van der Waals surface area contributed by atoms with Crippen LogP contribution in [0.25, 0.3) is 16.8 Å². The third-order valence-electron chi connectivity index (χ3n) is 6.00. The number of hydrogen-bond acceptors (Lipinski definition) is 9. The van der Waals surface area contributed by atoms with Gasteiger partial charge in [0.25, 0.3) is 0 Å². The highest BCUT2D eigenvalue weighted by molar-refractivity contribution is 5.77. The van der Waals surface area contributed by atoms with E-state index in [1.165, 1.54) is 11.1 Å². The highest BCUT2D eigenvalue weighted by Gasteiger charge is 2.28. The van der Waals surface area contributed by atoms with E-state index in [4.69, 9.17) is 4.74 Å². The second-order valence-corrected chi connectivity index (χ2v) is 7.94. The zero-order chi connectivity index (χ0) is 21.5. The molecule has 0 aliphatic carbocycles. The Morgan fingerprint density at radius 3 is 2.94 bits per heavy atom. The van der Waals surface area contributed by atoms with Crippen LogP contribution in [-0.2, 0) is 13.0 Å². The second kappa shape index (κ2) is 7.56. The minimum Gasteiger partial charge on any atom is -0.493 e. The molecule has 0 atom stereocenters. The SMILES string of the molecule is O=NC1CN(c2ccc(-c3cnc(NCc4cccc5c4CCO5)n4cnnc34)cn2)C1. The molecule has 1 saturated heterocycles. The number of nitrogens with zero attached hydrogens (tertiary/aromatic N) is 7. The number of anilines is 2. The van der Waals surface area contributed by atoms with E-state index < -0.39 is 0 Å². The summed E-state index contributed by atoms with van der Waals surface area (Å²) >= 11 is 0. The van der Waals surface area contributed by atoms with E-state index in [9.17, 15) is 4.91 Å². The summed E-state index contributed by atoms with van der Waals surface area (Å²) in [4.78, 5) is 21.8. The first-order valence-corrected chi connectivity index (χ1v) is 10.5. The Labute approximate surface area is 183 Å². The molecular formula is C22H20N8O2. The lowest BCUT2D eigenvalue weighted by Gasteiger charge is -2.35. The average Bonchev–Trinajstić information content (AvgIpc) is 3.47. The zero-order valence-corrected chi connectivity index (χ0v) is 17.2. The van der Waals surface area contributed by atoms with Crippen LogP contribution in [0.2, 0.25) is 0 Å². The van der Waals surface area contributed by atoms with E-state index >= 15 is 0 Å². The van der Waals surface area contributed by atoms with Crippen molar-refractivity contribution in [2.75, 3.05) is 29.9 Å². The number of hydrogen-bond donors (Lipinski definition) is 1. The van der Waals surface area contributed by atoms with Gasteiger partial charge in [-0.3, -0.25) is 4.40 Å². The maximum atomic E-state index is 10.6. The number of ether oxygens (including phenoxy) is 1. The highest BCUT2D eigenvalue weighted by Crippen LogP contribution is 2.30. The van der Waals surface area contributed by atoms with Crippen LogP contribution in [0.15, 0.2) is 54.2 Å². The predicted octanol–water partition coefficient (Wildman–Crippen LogP) is 2.69. The van der Waals surface area contributed by atoms with Crippen molar-refractivity contribution in [3.63, 3.8) is 0 Å². The first-order chi connectivity index (χ1) is 15.8. The van der Waals surface area contributed by atoms with Gasteiger partial charge in [0.15, 0.2) is 5.65 Å². The standard InChI is InChI=1S/C22H20N8O2/c31-28-16-11-29(12-16)20-5-4-15(8-23-20)18-10-25-22(30-13-26-27-21(18)30)24-9-14-2-1-3-19-17(14)6-7-32-19/h1-5,8,10,13,16H,6-7,9,11-12H2,(H,24,25). The fourth-order valence-corrected chi connectivity index (χ4v) is 4.23. The summed E-state index contributed by atoms with van der Waals surface area (Å²) in [5, 5.41) is 14.9. The topological polar surface area (TPSA) is 110 Å². The maximum absolute atomic E-state index is 10.6. The van der Waals surface area contributed by atoms with Gasteiger partial charge in [-0.25, -0.2) is 9.97 Å². The van der Waals surface area contributed by atoms with Gasteiger partial charge in [0.1, 0.15) is 23.9 Å². The van der Waals surface area contributed by atoms with E-state index in [0.29, 0.717) is 31.2 Å². The molecule has 1 fully saturated rings. The summed E-state index contributed by atoms with van der Waals surface area (Å²) in [6, 6.07) is 9.91. The maximum Gasteiger partial charge on any atom is 0.210 e. The molecular weight excluding hydrogens is 408 g/mol. The molecule has 5 heterocycles. The van der Waals surface area contributed by atoms with Crippen molar-refractivity contribution in [1.29, 1.82) is 0 Å².